The van der Waals surface area contributed by atoms with Crippen molar-refractivity contribution in [3.05, 3.63) is 34.1 Å². The minimum atomic E-state index is -0.810. The molecule has 0 aliphatic carbocycles. The third-order valence-corrected chi connectivity index (χ3v) is 2.35. The standard InChI is InChI=1S/C10H8BrFO/c1-2-3-10(13)8-6-7(12)4-5-9(8)11/h1,4-6,10,13H,3H2. The van der Waals surface area contributed by atoms with Gasteiger partial charge in [0, 0.05) is 10.9 Å². The molecular formula is C10H8BrFO. The molecule has 1 rings (SSSR count). The van der Waals surface area contributed by atoms with E-state index in [1.165, 1.54) is 12.1 Å². The maximum absolute atomic E-state index is 12.8. The summed E-state index contributed by atoms with van der Waals surface area (Å²) in [4.78, 5) is 0. The lowest BCUT2D eigenvalue weighted by Gasteiger charge is -2.09. The zero-order valence-electron chi connectivity index (χ0n) is 6.80. The molecule has 0 aliphatic rings. The molecule has 1 aromatic carbocycles. The molecule has 3 heteroatoms. The van der Waals surface area contributed by atoms with Crippen molar-refractivity contribution in [3.63, 3.8) is 0 Å². The lowest BCUT2D eigenvalue weighted by atomic mass is 10.1. The first kappa shape index (κ1) is 10.2. The van der Waals surface area contributed by atoms with Crippen molar-refractivity contribution >= 4 is 15.9 Å². The summed E-state index contributed by atoms with van der Waals surface area (Å²) in [6, 6.07) is 4.13. The van der Waals surface area contributed by atoms with Gasteiger partial charge in [0.05, 0.1) is 6.10 Å². The zero-order valence-corrected chi connectivity index (χ0v) is 8.38. The Bertz CT molecular complexity index is 343. The van der Waals surface area contributed by atoms with Gasteiger partial charge in [-0.05, 0) is 23.8 Å². The number of halogens is 2. The van der Waals surface area contributed by atoms with E-state index in [-0.39, 0.29) is 12.2 Å². The monoisotopic (exact) mass is 242 g/mol. The Kier molecular flexibility index (Phi) is 3.47. The molecule has 0 bridgehead atoms. The van der Waals surface area contributed by atoms with Gasteiger partial charge in [-0.2, -0.15) is 0 Å². The Balaban J connectivity index is 3.00. The van der Waals surface area contributed by atoms with Crippen molar-refractivity contribution in [2.24, 2.45) is 0 Å². The predicted octanol–water partition coefficient (Wildman–Crippen LogP) is 2.64. The summed E-state index contributed by atoms with van der Waals surface area (Å²) < 4.78 is 13.4. The van der Waals surface area contributed by atoms with Crippen LogP contribution in [0.5, 0.6) is 0 Å². The van der Waals surface area contributed by atoms with Gasteiger partial charge in [0.25, 0.3) is 0 Å². The molecule has 68 valence electrons. The highest BCUT2D eigenvalue weighted by Gasteiger charge is 2.10. The fourth-order valence-corrected chi connectivity index (χ4v) is 1.50. The summed E-state index contributed by atoms with van der Waals surface area (Å²) in [6.45, 7) is 0. The minimum Gasteiger partial charge on any atom is -0.387 e. The first-order chi connectivity index (χ1) is 6.15. The summed E-state index contributed by atoms with van der Waals surface area (Å²) in [7, 11) is 0. The second-order valence-electron chi connectivity index (χ2n) is 2.59. The molecular weight excluding hydrogens is 235 g/mol. The van der Waals surface area contributed by atoms with Crippen LogP contribution in [-0.2, 0) is 0 Å². The Morgan fingerprint density at radius 2 is 2.31 bits per heavy atom. The maximum Gasteiger partial charge on any atom is 0.123 e. The first-order valence-electron chi connectivity index (χ1n) is 3.71. The molecule has 0 heterocycles. The summed E-state index contributed by atoms with van der Waals surface area (Å²) in [6.07, 6.45) is 4.41. The largest absolute Gasteiger partial charge is 0.387 e. The summed E-state index contributed by atoms with van der Waals surface area (Å²) in [5.41, 5.74) is 0.484. The minimum absolute atomic E-state index is 0.183. The average molecular weight is 243 g/mol. The SMILES string of the molecule is C#CCC(O)c1cc(F)ccc1Br. The molecule has 0 amide bonds. The van der Waals surface area contributed by atoms with Gasteiger partial charge in [-0.15, -0.1) is 12.3 Å². The van der Waals surface area contributed by atoms with Gasteiger partial charge in [0.2, 0.25) is 0 Å². The highest BCUT2D eigenvalue weighted by atomic mass is 79.9. The van der Waals surface area contributed by atoms with E-state index in [0.29, 0.717) is 10.0 Å². The Morgan fingerprint density at radius 1 is 1.62 bits per heavy atom. The van der Waals surface area contributed by atoms with E-state index >= 15 is 0 Å². The first-order valence-corrected chi connectivity index (χ1v) is 4.51. The van der Waals surface area contributed by atoms with Crippen LogP contribution in [0, 0.1) is 18.2 Å². The van der Waals surface area contributed by atoms with Crippen molar-refractivity contribution in [1.82, 2.24) is 0 Å². The number of aliphatic hydroxyl groups is 1. The molecule has 0 spiro atoms. The summed E-state index contributed by atoms with van der Waals surface area (Å²) in [5, 5.41) is 9.49. The van der Waals surface area contributed by atoms with Crippen LogP contribution in [0.1, 0.15) is 18.1 Å². The average Bonchev–Trinajstić information content (AvgIpc) is 2.09. The molecule has 0 aliphatic heterocycles. The fraction of sp³-hybridized carbons (Fsp3) is 0.200. The third kappa shape index (κ3) is 2.55. The van der Waals surface area contributed by atoms with Crippen molar-refractivity contribution < 1.29 is 9.50 Å². The van der Waals surface area contributed by atoms with E-state index in [0.717, 1.165) is 0 Å². The number of hydrogen-bond acceptors (Lipinski definition) is 1. The maximum atomic E-state index is 12.8. The van der Waals surface area contributed by atoms with Crippen LogP contribution in [0.2, 0.25) is 0 Å². The van der Waals surface area contributed by atoms with Gasteiger partial charge >= 0.3 is 0 Å². The highest BCUT2D eigenvalue weighted by molar-refractivity contribution is 9.10. The number of terminal acetylenes is 1. The van der Waals surface area contributed by atoms with E-state index in [1.807, 2.05) is 0 Å². The highest BCUT2D eigenvalue weighted by Crippen LogP contribution is 2.25. The van der Waals surface area contributed by atoms with Gasteiger partial charge in [0.15, 0.2) is 0 Å². The molecule has 0 fully saturated rings. The summed E-state index contributed by atoms with van der Waals surface area (Å²) >= 11 is 3.21. The van der Waals surface area contributed by atoms with Crippen LogP contribution >= 0.6 is 15.9 Å². The number of hydrogen-bond donors (Lipinski definition) is 1. The molecule has 0 saturated heterocycles. The molecule has 0 aromatic heterocycles. The second-order valence-corrected chi connectivity index (χ2v) is 3.44. The third-order valence-electron chi connectivity index (χ3n) is 1.63. The number of aliphatic hydroxyl groups excluding tert-OH is 1. The lowest BCUT2D eigenvalue weighted by Crippen LogP contribution is -1.97. The quantitative estimate of drug-likeness (QED) is 0.791. The molecule has 1 N–H and O–H groups in total. The van der Waals surface area contributed by atoms with Crippen LogP contribution in [-0.4, -0.2) is 5.11 Å². The van der Waals surface area contributed by atoms with E-state index in [4.69, 9.17) is 6.42 Å². The number of benzene rings is 1. The van der Waals surface area contributed by atoms with E-state index in [1.54, 1.807) is 6.07 Å². The van der Waals surface area contributed by atoms with Crippen molar-refractivity contribution in [3.8, 4) is 12.3 Å². The van der Waals surface area contributed by atoms with Crippen LogP contribution in [0.15, 0.2) is 22.7 Å². The topological polar surface area (TPSA) is 20.2 Å². The molecule has 0 saturated carbocycles. The van der Waals surface area contributed by atoms with E-state index in [2.05, 4.69) is 21.9 Å². The van der Waals surface area contributed by atoms with E-state index < -0.39 is 6.10 Å². The van der Waals surface area contributed by atoms with Crippen LogP contribution < -0.4 is 0 Å². The summed E-state index contributed by atoms with van der Waals surface area (Å²) in [5.74, 6) is 1.94. The lowest BCUT2D eigenvalue weighted by molar-refractivity contribution is 0.183. The Hall–Kier alpha value is -0.850. The Labute approximate surface area is 84.7 Å². The van der Waals surface area contributed by atoms with Crippen LogP contribution in [0.25, 0.3) is 0 Å². The molecule has 1 unspecified atom stereocenters. The smallest absolute Gasteiger partial charge is 0.123 e. The van der Waals surface area contributed by atoms with Gasteiger partial charge in [-0.1, -0.05) is 15.9 Å². The van der Waals surface area contributed by atoms with E-state index in [9.17, 15) is 9.50 Å². The van der Waals surface area contributed by atoms with Crippen molar-refractivity contribution in [1.29, 1.82) is 0 Å². The van der Waals surface area contributed by atoms with Crippen LogP contribution in [0.4, 0.5) is 4.39 Å². The molecule has 1 atom stereocenters. The van der Waals surface area contributed by atoms with Crippen molar-refractivity contribution in [2.75, 3.05) is 0 Å². The van der Waals surface area contributed by atoms with Gasteiger partial charge in [-0.3, -0.25) is 0 Å². The normalized spacial score (nSPS) is 12.2. The fourth-order valence-electron chi connectivity index (χ4n) is 0.992. The molecule has 13 heavy (non-hydrogen) atoms. The number of rotatable bonds is 2. The zero-order chi connectivity index (χ0) is 9.84. The van der Waals surface area contributed by atoms with Crippen LogP contribution in [0.3, 0.4) is 0 Å². The van der Waals surface area contributed by atoms with Gasteiger partial charge in [-0.25, -0.2) is 4.39 Å². The predicted molar refractivity (Wildman–Crippen MR) is 52.5 cm³/mol. The van der Waals surface area contributed by atoms with Crippen molar-refractivity contribution in [2.45, 2.75) is 12.5 Å². The molecule has 1 aromatic rings. The molecule has 0 radical (unpaired) electrons. The second kappa shape index (κ2) is 4.40. The molecule has 1 nitrogen and oxygen atoms in total. The van der Waals surface area contributed by atoms with Gasteiger partial charge in [0.1, 0.15) is 5.82 Å². The Morgan fingerprint density at radius 3 is 2.92 bits per heavy atom. The van der Waals surface area contributed by atoms with Gasteiger partial charge < -0.3 is 5.11 Å².